The lowest BCUT2D eigenvalue weighted by atomic mass is 10.2. The molecule has 0 amide bonds. The molecule has 0 fully saturated rings. The number of anilines is 1. The van der Waals surface area contributed by atoms with Crippen LogP contribution in [0.25, 0.3) is 0 Å². The van der Waals surface area contributed by atoms with Crippen molar-refractivity contribution < 1.29 is 9.47 Å². The van der Waals surface area contributed by atoms with E-state index in [4.69, 9.17) is 15.2 Å². The summed E-state index contributed by atoms with van der Waals surface area (Å²) in [6.45, 7) is 3.86. The molecule has 0 radical (unpaired) electrons. The number of benzene rings is 1. The van der Waals surface area contributed by atoms with E-state index in [1.165, 1.54) is 4.88 Å². The molecule has 0 saturated carbocycles. The van der Waals surface area contributed by atoms with Crippen LogP contribution in [-0.4, -0.2) is 13.2 Å². The van der Waals surface area contributed by atoms with Crippen molar-refractivity contribution in [3.63, 3.8) is 0 Å². The summed E-state index contributed by atoms with van der Waals surface area (Å²) in [7, 11) is 0. The lowest BCUT2D eigenvalue weighted by molar-refractivity contribution is 0.122. The number of nitrogen functional groups attached to an aromatic ring is 1. The minimum Gasteiger partial charge on any atom is -0.494 e. The van der Waals surface area contributed by atoms with E-state index >= 15 is 0 Å². The van der Waals surface area contributed by atoms with Crippen LogP contribution in [0.15, 0.2) is 35.7 Å². The maximum Gasteiger partial charge on any atom is 0.124 e. The van der Waals surface area contributed by atoms with Gasteiger partial charge in [0.05, 0.1) is 19.8 Å². The van der Waals surface area contributed by atoms with Gasteiger partial charge in [-0.2, -0.15) is 0 Å². The van der Waals surface area contributed by atoms with Crippen LogP contribution in [0, 0.1) is 0 Å². The van der Waals surface area contributed by atoms with E-state index in [0.29, 0.717) is 19.8 Å². The van der Waals surface area contributed by atoms with Gasteiger partial charge in [0.15, 0.2) is 0 Å². The van der Waals surface area contributed by atoms with Gasteiger partial charge < -0.3 is 15.2 Å². The maximum absolute atomic E-state index is 5.80. The summed E-state index contributed by atoms with van der Waals surface area (Å²) in [5, 5.41) is 2.08. The third kappa shape index (κ3) is 4.26. The van der Waals surface area contributed by atoms with Crippen LogP contribution in [-0.2, 0) is 17.8 Å². The number of hydrogen-bond acceptors (Lipinski definition) is 4. The molecule has 0 spiro atoms. The normalized spacial score (nSPS) is 10.6. The fraction of sp³-hybridized carbons (Fsp3) is 0.333. The monoisotopic (exact) mass is 277 g/mol. The SMILES string of the molecule is CCOc1ccc(N)cc1COCCc1cccs1. The molecule has 19 heavy (non-hydrogen) atoms. The van der Waals surface area contributed by atoms with Gasteiger partial charge in [-0.3, -0.25) is 0 Å². The van der Waals surface area contributed by atoms with Crippen LogP contribution in [0.1, 0.15) is 17.4 Å². The van der Waals surface area contributed by atoms with Crippen LogP contribution < -0.4 is 10.5 Å². The highest BCUT2D eigenvalue weighted by molar-refractivity contribution is 7.09. The largest absolute Gasteiger partial charge is 0.494 e. The molecule has 0 aliphatic rings. The molecule has 2 aromatic rings. The molecule has 2 rings (SSSR count). The first-order valence-electron chi connectivity index (χ1n) is 6.41. The van der Waals surface area contributed by atoms with E-state index in [1.807, 2.05) is 25.1 Å². The van der Waals surface area contributed by atoms with Gasteiger partial charge >= 0.3 is 0 Å². The van der Waals surface area contributed by atoms with Crippen LogP contribution in [0.5, 0.6) is 5.75 Å². The number of nitrogens with two attached hydrogens (primary N) is 1. The zero-order valence-corrected chi connectivity index (χ0v) is 11.9. The Bertz CT molecular complexity index is 497. The highest BCUT2D eigenvalue weighted by Crippen LogP contribution is 2.22. The Morgan fingerprint density at radius 2 is 2.16 bits per heavy atom. The van der Waals surface area contributed by atoms with Gasteiger partial charge in [0.2, 0.25) is 0 Å². The Labute approximate surface area is 118 Å². The maximum atomic E-state index is 5.80. The first-order chi connectivity index (χ1) is 9.29. The number of hydrogen-bond donors (Lipinski definition) is 1. The third-order valence-corrected chi connectivity index (χ3v) is 3.65. The molecule has 0 aliphatic heterocycles. The summed E-state index contributed by atoms with van der Waals surface area (Å²) in [5.74, 6) is 0.854. The Balaban J connectivity index is 1.85. The van der Waals surface area contributed by atoms with Crippen molar-refractivity contribution in [2.45, 2.75) is 20.0 Å². The molecule has 0 atom stereocenters. The van der Waals surface area contributed by atoms with Gasteiger partial charge in [0.25, 0.3) is 0 Å². The average Bonchev–Trinajstić information content (AvgIpc) is 2.91. The summed E-state index contributed by atoms with van der Waals surface area (Å²) < 4.78 is 11.3. The Morgan fingerprint density at radius 3 is 2.89 bits per heavy atom. The second-order valence-corrected chi connectivity index (χ2v) is 5.21. The summed E-state index contributed by atoms with van der Waals surface area (Å²) in [6.07, 6.45) is 0.948. The molecule has 1 aromatic carbocycles. The van der Waals surface area contributed by atoms with Gasteiger partial charge in [0, 0.05) is 22.5 Å². The molecule has 0 saturated heterocycles. The van der Waals surface area contributed by atoms with Crippen LogP contribution in [0.3, 0.4) is 0 Å². The molecule has 0 bridgehead atoms. The molecule has 0 unspecified atom stereocenters. The van der Waals surface area contributed by atoms with Crippen molar-refractivity contribution in [2.24, 2.45) is 0 Å². The van der Waals surface area contributed by atoms with E-state index in [0.717, 1.165) is 23.4 Å². The van der Waals surface area contributed by atoms with Crippen LogP contribution >= 0.6 is 11.3 Å². The quantitative estimate of drug-likeness (QED) is 0.622. The molecular formula is C15H19NO2S. The summed E-state index contributed by atoms with van der Waals surface area (Å²) >= 11 is 1.76. The molecule has 3 nitrogen and oxygen atoms in total. The number of rotatable bonds is 7. The second-order valence-electron chi connectivity index (χ2n) is 4.18. The first-order valence-corrected chi connectivity index (χ1v) is 7.29. The number of ether oxygens (including phenoxy) is 2. The predicted octanol–water partition coefficient (Wildman–Crippen LogP) is 3.49. The predicted molar refractivity (Wildman–Crippen MR) is 79.7 cm³/mol. The zero-order chi connectivity index (χ0) is 13.5. The molecule has 1 aromatic heterocycles. The van der Waals surface area contributed by atoms with Crippen molar-refractivity contribution in [1.29, 1.82) is 0 Å². The smallest absolute Gasteiger partial charge is 0.124 e. The zero-order valence-electron chi connectivity index (χ0n) is 11.1. The molecular weight excluding hydrogens is 258 g/mol. The van der Waals surface area contributed by atoms with Gasteiger partial charge in [-0.1, -0.05) is 6.07 Å². The molecule has 1 heterocycles. The van der Waals surface area contributed by atoms with Gasteiger partial charge in [0.1, 0.15) is 5.75 Å². The fourth-order valence-electron chi connectivity index (χ4n) is 1.82. The highest BCUT2D eigenvalue weighted by atomic mass is 32.1. The Hall–Kier alpha value is -1.52. The van der Waals surface area contributed by atoms with Gasteiger partial charge in [-0.25, -0.2) is 0 Å². The topological polar surface area (TPSA) is 44.5 Å². The van der Waals surface area contributed by atoms with E-state index in [9.17, 15) is 0 Å². The Morgan fingerprint density at radius 1 is 1.26 bits per heavy atom. The van der Waals surface area contributed by atoms with E-state index in [-0.39, 0.29) is 0 Å². The summed E-state index contributed by atoms with van der Waals surface area (Å²) in [4.78, 5) is 1.35. The molecule has 102 valence electrons. The van der Waals surface area contributed by atoms with Crippen molar-refractivity contribution >= 4 is 17.0 Å². The number of thiophene rings is 1. The minimum atomic E-state index is 0.533. The first kappa shape index (κ1) is 13.9. The second kappa shape index (κ2) is 7.16. The highest BCUT2D eigenvalue weighted by Gasteiger charge is 2.04. The molecule has 0 aliphatic carbocycles. The van der Waals surface area contributed by atoms with Gasteiger partial charge in [-0.15, -0.1) is 11.3 Å². The molecule has 2 N–H and O–H groups in total. The van der Waals surface area contributed by atoms with Crippen molar-refractivity contribution in [1.82, 2.24) is 0 Å². The van der Waals surface area contributed by atoms with Crippen LogP contribution in [0.4, 0.5) is 5.69 Å². The van der Waals surface area contributed by atoms with E-state index in [2.05, 4.69) is 17.5 Å². The lowest BCUT2D eigenvalue weighted by Gasteiger charge is -2.11. The van der Waals surface area contributed by atoms with Crippen molar-refractivity contribution in [2.75, 3.05) is 18.9 Å². The van der Waals surface area contributed by atoms with Crippen molar-refractivity contribution in [3.8, 4) is 5.75 Å². The minimum absolute atomic E-state index is 0.533. The summed E-state index contributed by atoms with van der Waals surface area (Å²) in [5.41, 5.74) is 7.54. The third-order valence-electron chi connectivity index (χ3n) is 2.71. The van der Waals surface area contributed by atoms with E-state index < -0.39 is 0 Å². The van der Waals surface area contributed by atoms with Crippen LogP contribution in [0.2, 0.25) is 0 Å². The van der Waals surface area contributed by atoms with Crippen molar-refractivity contribution in [3.05, 3.63) is 46.2 Å². The average molecular weight is 277 g/mol. The lowest BCUT2D eigenvalue weighted by Crippen LogP contribution is -2.02. The summed E-state index contributed by atoms with van der Waals surface area (Å²) in [6, 6.07) is 9.85. The standard InChI is InChI=1S/C15H19NO2S/c1-2-18-15-6-5-13(16)10-12(15)11-17-8-7-14-4-3-9-19-14/h3-6,9-10H,2,7-8,11,16H2,1H3. The molecule has 4 heteroatoms. The Kier molecular flexibility index (Phi) is 5.24. The fourth-order valence-corrected chi connectivity index (χ4v) is 2.51. The van der Waals surface area contributed by atoms with Gasteiger partial charge in [-0.05, 0) is 36.6 Å². The van der Waals surface area contributed by atoms with E-state index in [1.54, 1.807) is 11.3 Å².